The molecule has 0 radical (unpaired) electrons. The number of carbonyl (C=O) groups is 1. The Hall–Kier alpha value is -1.77. The van der Waals surface area contributed by atoms with Crippen molar-refractivity contribution in [2.45, 2.75) is 19.4 Å². The van der Waals surface area contributed by atoms with E-state index < -0.39 is 11.9 Å². The maximum atomic E-state index is 11.4. The van der Waals surface area contributed by atoms with Crippen molar-refractivity contribution in [3.8, 4) is 6.07 Å². The largest absolute Gasteiger partial charge is 0.481 e. The Morgan fingerprint density at radius 1 is 1.57 bits per heavy atom. The summed E-state index contributed by atoms with van der Waals surface area (Å²) in [4.78, 5) is 13.3. The summed E-state index contributed by atoms with van der Waals surface area (Å²) >= 11 is 6.04. The van der Waals surface area contributed by atoms with E-state index in [4.69, 9.17) is 16.3 Å². The number of rotatable bonds is 5. The highest BCUT2D eigenvalue weighted by Gasteiger charge is 2.38. The van der Waals surface area contributed by atoms with Crippen molar-refractivity contribution < 1.29 is 14.6 Å². The molecule has 1 N–H and O–H groups in total. The van der Waals surface area contributed by atoms with Crippen molar-refractivity contribution in [1.29, 1.82) is 5.26 Å². The fourth-order valence-corrected chi connectivity index (χ4v) is 2.80. The molecule has 0 saturated carbocycles. The standard InChI is InChI=1S/C15H17ClN2O3/c1-2-5-18(14-9-21-8-12(14)15(19)20)13-6-11(16)4-3-10(13)7-17/h3-4,6,12,14H,2,5,8-9H2,1H3,(H,19,20). The van der Waals surface area contributed by atoms with E-state index in [-0.39, 0.29) is 12.6 Å². The summed E-state index contributed by atoms with van der Waals surface area (Å²) in [5.74, 6) is -1.47. The van der Waals surface area contributed by atoms with Crippen molar-refractivity contribution in [2.75, 3.05) is 24.7 Å². The van der Waals surface area contributed by atoms with Crippen LogP contribution in [0.2, 0.25) is 5.02 Å². The SMILES string of the molecule is CCCN(c1cc(Cl)ccc1C#N)C1COCC1C(=O)O. The summed E-state index contributed by atoms with van der Waals surface area (Å²) in [6, 6.07) is 6.89. The lowest BCUT2D eigenvalue weighted by molar-refractivity contribution is -0.141. The highest BCUT2D eigenvalue weighted by molar-refractivity contribution is 6.30. The third-order valence-electron chi connectivity index (χ3n) is 3.62. The average Bonchev–Trinajstić information content (AvgIpc) is 2.94. The van der Waals surface area contributed by atoms with Gasteiger partial charge >= 0.3 is 5.97 Å². The van der Waals surface area contributed by atoms with Gasteiger partial charge in [0, 0.05) is 11.6 Å². The number of halogens is 1. The molecule has 1 saturated heterocycles. The van der Waals surface area contributed by atoms with E-state index in [9.17, 15) is 15.2 Å². The van der Waals surface area contributed by atoms with Gasteiger partial charge in [0.1, 0.15) is 12.0 Å². The number of hydrogen-bond donors (Lipinski definition) is 1. The number of hydrogen-bond acceptors (Lipinski definition) is 4. The molecule has 112 valence electrons. The first kappa shape index (κ1) is 15.6. The number of anilines is 1. The summed E-state index contributed by atoms with van der Waals surface area (Å²) in [6.07, 6.45) is 0.834. The molecule has 1 aliphatic rings. The zero-order valence-electron chi connectivity index (χ0n) is 11.8. The summed E-state index contributed by atoms with van der Waals surface area (Å²) in [5, 5.41) is 19.1. The minimum atomic E-state index is -0.876. The molecule has 0 bridgehead atoms. The topological polar surface area (TPSA) is 73.6 Å². The van der Waals surface area contributed by atoms with Gasteiger partial charge in [0.05, 0.1) is 30.5 Å². The molecule has 2 unspecified atom stereocenters. The lowest BCUT2D eigenvalue weighted by atomic mass is 10.00. The van der Waals surface area contributed by atoms with Crippen molar-refractivity contribution in [1.82, 2.24) is 0 Å². The highest BCUT2D eigenvalue weighted by atomic mass is 35.5. The van der Waals surface area contributed by atoms with E-state index in [1.807, 2.05) is 11.8 Å². The van der Waals surface area contributed by atoms with E-state index in [1.54, 1.807) is 18.2 Å². The number of carboxylic acid groups (broad SMARTS) is 1. The van der Waals surface area contributed by atoms with E-state index >= 15 is 0 Å². The van der Waals surface area contributed by atoms with Crippen LogP contribution < -0.4 is 4.90 Å². The third kappa shape index (κ3) is 3.29. The second kappa shape index (κ2) is 6.79. The Morgan fingerprint density at radius 3 is 2.95 bits per heavy atom. The Balaban J connectivity index is 2.42. The molecule has 0 aliphatic carbocycles. The van der Waals surface area contributed by atoms with Crippen LogP contribution in [0.25, 0.3) is 0 Å². The third-order valence-corrected chi connectivity index (χ3v) is 3.86. The molecule has 2 rings (SSSR count). The fourth-order valence-electron chi connectivity index (χ4n) is 2.63. The molecule has 1 fully saturated rings. The summed E-state index contributed by atoms with van der Waals surface area (Å²) in [5.41, 5.74) is 1.16. The van der Waals surface area contributed by atoms with Crippen LogP contribution in [0.3, 0.4) is 0 Å². The van der Waals surface area contributed by atoms with Gasteiger partial charge in [0.15, 0.2) is 0 Å². The quantitative estimate of drug-likeness (QED) is 0.905. The van der Waals surface area contributed by atoms with E-state index in [0.29, 0.717) is 29.4 Å². The number of nitriles is 1. The number of nitrogens with zero attached hydrogens (tertiary/aromatic N) is 2. The van der Waals surface area contributed by atoms with Crippen LogP contribution in [-0.4, -0.2) is 36.9 Å². The lowest BCUT2D eigenvalue weighted by Gasteiger charge is -2.33. The number of aliphatic carboxylic acids is 1. The van der Waals surface area contributed by atoms with E-state index in [1.165, 1.54) is 0 Å². The zero-order valence-corrected chi connectivity index (χ0v) is 12.5. The van der Waals surface area contributed by atoms with Gasteiger partial charge in [-0.3, -0.25) is 4.79 Å². The Labute approximate surface area is 128 Å². The van der Waals surface area contributed by atoms with Gasteiger partial charge in [0.2, 0.25) is 0 Å². The minimum absolute atomic E-state index is 0.197. The summed E-state index contributed by atoms with van der Waals surface area (Å²) in [6.45, 7) is 3.19. The second-order valence-corrected chi connectivity index (χ2v) is 5.45. The predicted octanol–water partition coefficient (Wildman–Crippen LogP) is 2.53. The molecule has 0 spiro atoms. The smallest absolute Gasteiger partial charge is 0.311 e. The number of ether oxygens (including phenoxy) is 1. The molecule has 2 atom stereocenters. The van der Waals surface area contributed by atoms with Gasteiger partial charge in [-0.05, 0) is 24.6 Å². The molecule has 1 aromatic rings. The van der Waals surface area contributed by atoms with Crippen LogP contribution >= 0.6 is 11.6 Å². The number of carboxylic acids is 1. The van der Waals surface area contributed by atoms with Crippen LogP contribution in [0, 0.1) is 17.2 Å². The van der Waals surface area contributed by atoms with E-state index in [2.05, 4.69) is 6.07 Å². The molecular weight excluding hydrogens is 292 g/mol. The molecule has 5 nitrogen and oxygen atoms in total. The van der Waals surface area contributed by atoms with Crippen LogP contribution in [0.4, 0.5) is 5.69 Å². The van der Waals surface area contributed by atoms with Gasteiger partial charge in [-0.1, -0.05) is 18.5 Å². The average molecular weight is 309 g/mol. The number of benzene rings is 1. The predicted molar refractivity (Wildman–Crippen MR) is 79.5 cm³/mol. The van der Waals surface area contributed by atoms with Crippen LogP contribution in [0.1, 0.15) is 18.9 Å². The van der Waals surface area contributed by atoms with Gasteiger partial charge in [-0.15, -0.1) is 0 Å². The molecule has 21 heavy (non-hydrogen) atoms. The normalized spacial score (nSPS) is 21.0. The van der Waals surface area contributed by atoms with Gasteiger partial charge in [-0.2, -0.15) is 5.26 Å². The van der Waals surface area contributed by atoms with Gasteiger partial charge < -0.3 is 14.7 Å². The van der Waals surface area contributed by atoms with Crippen LogP contribution in [0.5, 0.6) is 0 Å². The maximum Gasteiger partial charge on any atom is 0.311 e. The molecule has 1 aliphatic heterocycles. The molecule has 0 amide bonds. The van der Waals surface area contributed by atoms with Gasteiger partial charge in [-0.25, -0.2) is 0 Å². The Bertz CT molecular complexity index is 571. The second-order valence-electron chi connectivity index (χ2n) is 5.02. The summed E-state index contributed by atoms with van der Waals surface area (Å²) in [7, 11) is 0. The van der Waals surface area contributed by atoms with Crippen molar-refractivity contribution >= 4 is 23.3 Å². The lowest BCUT2D eigenvalue weighted by Crippen LogP contribution is -2.44. The first-order valence-electron chi connectivity index (χ1n) is 6.85. The molecule has 6 heteroatoms. The first-order valence-corrected chi connectivity index (χ1v) is 7.23. The van der Waals surface area contributed by atoms with Crippen LogP contribution in [-0.2, 0) is 9.53 Å². The van der Waals surface area contributed by atoms with Crippen molar-refractivity contribution in [2.24, 2.45) is 5.92 Å². The Morgan fingerprint density at radius 2 is 2.33 bits per heavy atom. The van der Waals surface area contributed by atoms with Crippen molar-refractivity contribution in [3.63, 3.8) is 0 Å². The molecule has 1 aromatic carbocycles. The Kier molecular flexibility index (Phi) is 5.05. The first-order chi connectivity index (χ1) is 10.1. The minimum Gasteiger partial charge on any atom is -0.481 e. The molecule has 0 aromatic heterocycles. The molecular formula is C15H17ClN2O3. The van der Waals surface area contributed by atoms with Crippen LogP contribution in [0.15, 0.2) is 18.2 Å². The van der Waals surface area contributed by atoms with E-state index in [0.717, 1.165) is 6.42 Å². The zero-order chi connectivity index (χ0) is 15.4. The van der Waals surface area contributed by atoms with Gasteiger partial charge in [0.25, 0.3) is 0 Å². The summed E-state index contributed by atoms with van der Waals surface area (Å²) < 4.78 is 5.35. The monoisotopic (exact) mass is 308 g/mol. The fraction of sp³-hybridized carbons (Fsp3) is 0.467. The maximum absolute atomic E-state index is 11.4. The molecule has 1 heterocycles. The highest BCUT2D eigenvalue weighted by Crippen LogP contribution is 2.30. The van der Waals surface area contributed by atoms with Crippen molar-refractivity contribution in [3.05, 3.63) is 28.8 Å².